The molecule has 0 aromatic rings. The molecule has 0 bridgehead atoms. The first kappa shape index (κ1) is 12.8. The first-order chi connectivity index (χ1) is 6.15. The Labute approximate surface area is 77.3 Å². The standard InChI is InChI=1S/C8H18O5/c9-2-1-7(12)3-6(4-10)8(13)5-11/h6-13H,1-5H2. The molecule has 3 atom stereocenters. The molecule has 0 radical (unpaired) electrons. The summed E-state index contributed by atoms with van der Waals surface area (Å²) in [6.07, 6.45) is -1.37. The van der Waals surface area contributed by atoms with Crippen LogP contribution in [0.5, 0.6) is 0 Å². The highest BCUT2D eigenvalue weighted by atomic mass is 16.3. The second-order valence-corrected chi connectivity index (χ2v) is 3.09. The van der Waals surface area contributed by atoms with Gasteiger partial charge in [0.2, 0.25) is 0 Å². The van der Waals surface area contributed by atoms with E-state index < -0.39 is 24.7 Å². The van der Waals surface area contributed by atoms with Crippen LogP contribution >= 0.6 is 0 Å². The Balaban J connectivity index is 3.82. The Hall–Kier alpha value is -0.200. The van der Waals surface area contributed by atoms with Crippen molar-refractivity contribution >= 4 is 0 Å². The van der Waals surface area contributed by atoms with E-state index in [1.54, 1.807) is 0 Å². The molecule has 5 heteroatoms. The smallest absolute Gasteiger partial charge is 0.0821 e. The Morgan fingerprint density at radius 1 is 0.923 bits per heavy atom. The second-order valence-electron chi connectivity index (χ2n) is 3.09. The zero-order chi connectivity index (χ0) is 10.3. The van der Waals surface area contributed by atoms with Crippen molar-refractivity contribution in [2.24, 2.45) is 5.92 Å². The second kappa shape index (κ2) is 7.23. The van der Waals surface area contributed by atoms with E-state index in [9.17, 15) is 5.11 Å². The normalized spacial score (nSPS) is 18.2. The van der Waals surface area contributed by atoms with Crippen LogP contribution in [-0.4, -0.2) is 57.6 Å². The molecule has 0 fully saturated rings. The molecule has 0 saturated heterocycles. The highest BCUT2D eigenvalue weighted by molar-refractivity contribution is 4.71. The molecule has 0 amide bonds. The van der Waals surface area contributed by atoms with Gasteiger partial charge in [-0.25, -0.2) is 0 Å². The molecule has 80 valence electrons. The molecule has 0 aliphatic carbocycles. The van der Waals surface area contributed by atoms with Crippen LogP contribution in [-0.2, 0) is 0 Å². The highest BCUT2D eigenvalue weighted by Crippen LogP contribution is 2.12. The fraction of sp³-hybridized carbons (Fsp3) is 1.00. The molecule has 5 N–H and O–H groups in total. The fourth-order valence-corrected chi connectivity index (χ4v) is 1.12. The monoisotopic (exact) mass is 194 g/mol. The van der Waals surface area contributed by atoms with E-state index in [2.05, 4.69) is 0 Å². The van der Waals surface area contributed by atoms with Crippen molar-refractivity contribution in [2.75, 3.05) is 19.8 Å². The van der Waals surface area contributed by atoms with Gasteiger partial charge >= 0.3 is 0 Å². The average Bonchev–Trinajstić information content (AvgIpc) is 2.13. The van der Waals surface area contributed by atoms with Crippen molar-refractivity contribution in [3.63, 3.8) is 0 Å². The summed E-state index contributed by atoms with van der Waals surface area (Å²) >= 11 is 0. The summed E-state index contributed by atoms with van der Waals surface area (Å²) in [7, 11) is 0. The molecule has 0 rings (SSSR count). The lowest BCUT2D eigenvalue weighted by Gasteiger charge is -2.21. The predicted molar refractivity (Wildman–Crippen MR) is 46.0 cm³/mol. The lowest BCUT2D eigenvalue weighted by molar-refractivity contribution is -0.00459. The van der Waals surface area contributed by atoms with Crippen molar-refractivity contribution in [1.82, 2.24) is 0 Å². The quantitative estimate of drug-likeness (QED) is 0.325. The summed E-state index contributed by atoms with van der Waals surface area (Å²) in [6, 6.07) is 0. The van der Waals surface area contributed by atoms with Gasteiger partial charge < -0.3 is 25.5 Å². The van der Waals surface area contributed by atoms with E-state index in [0.29, 0.717) is 0 Å². The minimum Gasteiger partial charge on any atom is -0.396 e. The summed E-state index contributed by atoms with van der Waals surface area (Å²) in [5.41, 5.74) is 0. The molecule has 3 unspecified atom stereocenters. The Morgan fingerprint density at radius 3 is 1.92 bits per heavy atom. The zero-order valence-corrected chi connectivity index (χ0v) is 7.50. The first-order valence-electron chi connectivity index (χ1n) is 4.34. The lowest BCUT2D eigenvalue weighted by Crippen LogP contribution is -2.30. The zero-order valence-electron chi connectivity index (χ0n) is 7.50. The van der Waals surface area contributed by atoms with E-state index >= 15 is 0 Å². The van der Waals surface area contributed by atoms with Crippen LogP contribution < -0.4 is 0 Å². The average molecular weight is 194 g/mol. The van der Waals surface area contributed by atoms with Crippen LogP contribution in [0.1, 0.15) is 12.8 Å². The van der Waals surface area contributed by atoms with Gasteiger partial charge in [0, 0.05) is 19.1 Å². The Bertz CT molecular complexity index is 119. The number of aliphatic hydroxyl groups excluding tert-OH is 5. The van der Waals surface area contributed by atoms with Crippen LogP contribution in [0.2, 0.25) is 0 Å². The maximum Gasteiger partial charge on any atom is 0.0821 e. The van der Waals surface area contributed by atoms with Crippen LogP contribution in [0.25, 0.3) is 0 Å². The van der Waals surface area contributed by atoms with Gasteiger partial charge in [-0.3, -0.25) is 0 Å². The van der Waals surface area contributed by atoms with E-state index in [1.807, 2.05) is 0 Å². The third kappa shape index (κ3) is 5.17. The minimum atomic E-state index is -1.02. The lowest BCUT2D eigenvalue weighted by atomic mass is 9.95. The summed E-state index contributed by atoms with van der Waals surface area (Å²) in [4.78, 5) is 0. The summed E-state index contributed by atoms with van der Waals surface area (Å²) in [6.45, 7) is -0.851. The van der Waals surface area contributed by atoms with Gasteiger partial charge in [-0.15, -0.1) is 0 Å². The molecule has 5 nitrogen and oxygen atoms in total. The van der Waals surface area contributed by atoms with Gasteiger partial charge in [0.25, 0.3) is 0 Å². The topological polar surface area (TPSA) is 101 Å². The third-order valence-corrected chi connectivity index (χ3v) is 2.00. The predicted octanol–water partition coefficient (Wildman–Crippen LogP) is -1.92. The van der Waals surface area contributed by atoms with Crippen molar-refractivity contribution < 1.29 is 25.5 Å². The van der Waals surface area contributed by atoms with Gasteiger partial charge in [0.15, 0.2) is 0 Å². The number of hydrogen-bond donors (Lipinski definition) is 5. The summed E-state index contributed by atoms with van der Waals surface area (Å²) < 4.78 is 0. The molecule has 0 saturated carbocycles. The first-order valence-corrected chi connectivity index (χ1v) is 4.34. The summed E-state index contributed by atoms with van der Waals surface area (Å²) in [5, 5.41) is 44.3. The molecule has 0 heterocycles. The van der Waals surface area contributed by atoms with E-state index in [4.69, 9.17) is 20.4 Å². The van der Waals surface area contributed by atoms with Crippen LogP contribution in [0.15, 0.2) is 0 Å². The van der Waals surface area contributed by atoms with E-state index in [0.717, 1.165) is 0 Å². The third-order valence-electron chi connectivity index (χ3n) is 2.00. The maximum atomic E-state index is 9.23. The van der Waals surface area contributed by atoms with Gasteiger partial charge in [0.1, 0.15) is 0 Å². The van der Waals surface area contributed by atoms with Gasteiger partial charge in [-0.05, 0) is 12.8 Å². The molecule has 0 aliphatic heterocycles. The van der Waals surface area contributed by atoms with Crippen molar-refractivity contribution in [2.45, 2.75) is 25.0 Å². The Kier molecular flexibility index (Phi) is 7.12. The Morgan fingerprint density at radius 2 is 1.54 bits per heavy atom. The van der Waals surface area contributed by atoms with Crippen LogP contribution in [0.4, 0.5) is 0 Å². The number of rotatable bonds is 7. The van der Waals surface area contributed by atoms with Crippen LogP contribution in [0.3, 0.4) is 0 Å². The van der Waals surface area contributed by atoms with Crippen molar-refractivity contribution in [3.05, 3.63) is 0 Å². The van der Waals surface area contributed by atoms with Crippen molar-refractivity contribution in [1.29, 1.82) is 0 Å². The highest BCUT2D eigenvalue weighted by Gasteiger charge is 2.20. The van der Waals surface area contributed by atoms with E-state index in [-0.39, 0.29) is 26.1 Å². The molecular formula is C8H18O5. The van der Waals surface area contributed by atoms with E-state index in [1.165, 1.54) is 0 Å². The molecule has 0 aromatic carbocycles. The number of aliphatic hydroxyl groups is 5. The molecule has 0 aromatic heterocycles. The fourth-order valence-electron chi connectivity index (χ4n) is 1.12. The van der Waals surface area contributed by atoms with Crippen LogP contribution in [0, 0.1) is 5.92 Å². The maximum absolute atomic E-state index is 9.23. The molecule has 13 heavy (non-hydrogen) atoms. The molecule has 0 spiro atoms. The largest absolute Gasteiger partial charge is 0.396 e. The summed E-state index contributed by atoms with van der Waals surface area (Å²) in [5.74, 6) is -0.536. The van der Waals surface area contributed by atoms with Gasteiger partial charge in [-0.1, -0.05) is 0 Å². The minimum absolute atomic E-state index is 0.130. The van der Waals surface area contributed by atoms with Crippen molar-refractivity contribution in [3.8, 4) is 0 Å². The SMILES string of the molecule is OCCC(O)CC(CO)C(O)CO. The molecular weight excluding hydrogens is 176 g/mol. The molecule has 0 aliphatic rings. The number of hydrogen-bond acceptors (Lipinski definition) is 5. The van der Waals surface area contributed by atoms with Gasteiger partial charge in [0.05, 0.1) is 18.8 Å². The van der Waals surface area contributed by atoms with Gasteiger partial charge in [-0.2, -0.15) is 0 Å².